The predicted molar refractivity (Wildman–Crippen MR) is 140 cm³/mol. The number of oxazole rings is 1. The number of ether oxygens (including phenoxy) is 1. The van der Waals surface area contributed by atoms with Crippen LogP contribution in [0.3, 0.4) is 0 Å². The normalized spacial score (nSPS) is 26.9. The number of rotatable bonds is 6. The Bertz CT molecular complexity index is 1580. The Balaban J connectivity index is 1.33. The van der Waals surface area contributed by atoms with Gasteiger partial charge in [-0.15, -0.1) is 0 Å². The van der Waals surface area contributed by atoms with Crippen molar-refractivity contribution < 1.29 is 17.9 Å². The van der Waals surface area contributed by atoms with E-state index in [2.05, 4.69) is 44.1 Å². The van der Waals surface area contributed by atoms with Crippen LogP contribution in [-0.4, -0.2) is 29.9 Å². The van der Waals surface area contributed by atoms with Crippen LogP contribution in [0, 0.1) is 23.5 Å². The Hall–Kier alpha value is -3.80. The van der Waals surface area contributed by atoms with Crippen LogP contribution in [-0.2, 0) is 5.54 Å². The molecule has 3 aromatic heterocycles. The first kappa shape index (κ1) is 24.5. The van der Waals surface area contributed by atoms with E-state index in [1.54, 1.807) is 25.3 Å². The molecule has 4 aromatic rings. The Morgan fingerprint density at radius 1 is 1.18 bits per heavy atom. The summed E-state index contributed by atoms with van der Waals surface area (Å²) in [5.41, 5.74) is 6.50. The van der Waals surface area contributed by atoms with Crippen LogP contribution in [0.25, 0.3) is 11.0 Å². The highest BCUT2D eigenvalue weighted by molar-refractivity contribution is 8.15. The summed E-state index contributed by atoms with van der Waals surface area (Å²) in [6, 6.07) is 4.34. The molecule has 6 rings (SSSR count). The molecule has 2 aliphatic rings. The zero-order valence-corrected chi connectivity index (χ0v) is 21.9. The molecule has 0 unspecified atom stereocenters. The molecule has 9 nitrogen and oxygen atoms in total. The molecule has 1 saturated carbocycles. The molecular formula is C26H25F2N7O2S. The third-order valence-electron chi connectivity index (χ3n) is 7.56. The highest BCUT2D eigenvalue weighted by atomic mass is 32.2. The molecule has 0 saturated heterocycles. The number of amidine groups is 1. The number of hydrogen-bond donors (Lipinski definition) is 2. The topological polar surface area (TPSA) is 124 Å². The quantitative estimate of drug-likeness (QED) is 0.329. The fraction of sp³-hybridized carbons (Fsp3) is 0.346. The molecule has 0 radical (unpaired) electrons. The van der Waals surface area contributed by atoms with Crippen LogP contribution in [0.4, 0.5) is 20.3 Å². The van der Waals surface area contributed by atoms with Gasteiger partial charge in [-0.2, -0.15) is 0 Å². The van der Waals surface area contributed by atoms with Crippen LogP contribution in [0.15, 0.2) is 52.5 Å². The van der Waals surface area contributed by atoms with Gasteiger partial charge in [-0.1, -0.05) is 18.7 Å². The molecule has 5 atom stereocenters. The van der Waals surface area contributed by atoms with E-state index in [0.717, 1.165) is 6.07 Å². The van der Waals surface area contributed by atoms with Gasteiger partial charge in [0.2, 0.25) is 11.8 Å². The number of thioether (sulfide) groups is 1. The summed E-state index contributed by atoms with van der Waals surface area (Å²) in [5.74, 6) is -0.664. The lowest BCUT2D eigenvalue weighted by molar-refractivity contribution is 0.181. The first-order valence-corrected chi connectivity index (χ1v) is 12.9. The average molecular weight is 538 g/mol. The van der Waals surface area contributed by atoms with Crippen LogP contribution < -0.4 is 15.8 Å². The Morgan fingerprint density at radius 2 is 2.00 bits per heavy atom. The van der Waals surface area contributed by atoms with Crippen molar-refractivity contribution in [2.45, 2.75) is 44.1 Å². The zero-order valence-electron chi connectivity index (χ0n) is 21.1. The predicted octanol–water partition coefficient (Wildman–Crippen LogP) is 5.48. The highest BCUT2D eigenvalue weighted by Crippen LogP contribution is 2.69. The molecule has 0 bridgehead atoms. The Kier molecular flexibility index (Phi) is 5.56. The summed E-state index contributed by atoms with van der Waals surface area (Å²) >= 11 is 1.50. The van der Waals surface area contributed by atoms with Gasteiger partial charge in [-0.3, -0.25) is 4.99 Å². The van der Waals surface area contributed by atoms with Crippen LogP contribution in [0.1, 0.15) is 45.3 Å². The van der Waals surface area contributed by atoms with Crippen molar-refractivity contribution in [1.29, 1.82) is 0 Å². The van der Waals surface area contributed by atoms with Gasteiger partial charge >= 0.3 is 0 Å². The number of benzene rings is 1. The van der Waals surface area contributed by atoms with Crippen LogP contribution in [0.2, 0.25) is 0 Å². The molecule has 196 valence electrons. The third-order valence-corrected chi connectivity index (χ3v) is 8.92. The second-order valence-electron chi connectivity index (χ2n) is 9.96. The SMILES string of the molecule is C[C@H](Oc1cnc2c(Nc3cc(F)c(F)c([C@@]4(C)N=C(N)S[C@]5(C)[C@H]4[C@@H]5C)c3)nccc2n1)c1ncco1. The lowest BCUT2D eigenvalue weighted by Crippen LogP contribution is -2.35. The maximum Gasteiger partial charge on any atom is 0.235 e. The number of nitrogens with two attached hydrogens (primary N) is 1. The average Bonchev–Trinajstić information content (AvgIpc) is 3.21. The van der Waals surface area contributed by atoms with Crippen molar-refractivity contribution in [2.24, 2.45) is 22.6 Å². The first-order chi connectivity index (χ1) is 18.1. The maximum absolute atomic E-state index is 15.2. The molecule has 3 N–H and O–H groups in total. The summed E-state index contributed by atoms with van der Waals surface area (Å²) in [5, 5.41) is 3.45. The van der Waals surface area contributed by atoms with Gasteiger partial charge in [0.25, 0.3) is 0 Å². The van der Waals surface area contributed by atoms with Gasteiger partial charge in [0.15, 0.2) is 28.7 Å². The molecule has 38 heavy (non-hydrogen) atoms. The number of nitrogens with one attached hydrogen (secondary N) is 1. The standard InChI is InChI=1S/C26H25F2N7O2S/c1-12-21-25(3,35-24(29)38-26(12,21)4)15-9-14(10-16(27)19(15)28)33-22-20-17(5-6-30-22)34-18(11-32-20)37-13(2)23-31-7-8-36-23/h5-13,21H,1-4H3,(H2,29,35)(H,30,33)/t12-,13-,21-,25+,26-/m0/s1. The van der Waals surface area contributed by atoms with Crippen LogP contribution in [0.5, 0.6) is 5.88 Å². The minimum Gasteiger partial charge on any atom is -0.464 e. The molecule has 1 fully saturated rings. The summed E-state index contributed by atoms with van der Waals surface area (Å²) in [6.45, 7) is 7.77. The highest BCUT2D eigenvalue weighted by Gasteiger charge is 2.69. The number of nitrogens with zero attached hydrogens (tertiary/aromatic N) is 5. The van der Waals surface area contributed by atoms with E-state index in [4.69, 9.17) is 14.9 Å². The number of aliphatic imine (C=N–C) groups is 1. The monoisotopic (exact) mass is 537 g/mol. The zero-order chi connectivity index (χ0) is 26.8. The second-order valence-corrected chi connectivity index (χ2v) is 11.5. The molecular weight excluding hydrogens is 512 g/mol. The lowest BCUT2D eigenvalue weighted by Gasteiger charge is -2.33. The summed E-state index contributed by atoms with van der Waals surface area (Å²) in [4.78, 5) is 22.0. The largest absolute Gasteiger partial charge is 0.464 e. The van der Waals surface area contributed by atoms with E-state index in [1.165, 1.54) is 30.4 Å². The van der Waals surface area contributed by atoms with Gasteiger partial charge in [-0.05, 0) is 38.8 Å². The molecule has 12 heteroatoms. The van der Waals surface area contributed by atoms with E-state index in [1.807, 2.05) is 6.92 Å². The number of hydrogen-bond acceptors (Lipinski definition) is 10. The third kappa shape index (κ3) is 3.85. The Morgan fingerprint density at radius 3 is 2.76 bits per heavy atom. The molecule has 0 spiro atoms. The van der Waals surface area contributed by atoms with Gasteiger partial charge in [0.05, 0.1) is 23.4 Å². The van der Waals surface area contributed by atoms with E-state index in [9.17, 15) is 4.39 Å². The molecule has 1 aromatic carbocycles. The molecule has 1 aliphatic heterocycles. The van der Waals surface area contributed by atoms with Gasteiger partial charge in [-0.25, -0.2) is 28.7 Å². The minimum atomic E-state index is -1.01. The number of anilines is 2. The first-order valence-electron chi connectivity index (χ1n) is 12.1. The second kappa shape index (κ2) is 8.62. The number of pyridine rings is 1. The molecule has 4 heterocycles. The maximum atomic E-state index is 15.2. The number of halogens is 2. The summed E-state index contributed by atoms with van der Waals surface area (Å²) < 4.78 is 41.1. The smallest absolute Gasteiger partial charge is 0.235 e. The van der Waals surface area contributed by atoms with Crippen molar-refractivity contribution >= 4 is 39.5 Å². The van der Waals surface area contributed by atoms with Crippen molar-refractivity contribution in [2.75, 3.05) is 5.32 Å². The van der Waals surface area contributed by atoms with Crippen molar-refractivity contribution in [1.82, 2.24) is 19.9 Å². The van der Waals surface area contributed by atoms with Gasteiger partial charge < -0.3 is 20.2 Å². The van der Waals surface area contributed by atoms with Crippen molar-refractivity contribution in [3.8, 4) is 5.88 Å². The van der Waals surface area contributed by atoms with Gasteiger partial charge in [0.1, 0.15) is 11.8 Å². The number of fused-ring (bicyclic) bond motifs is 2. The van der Waals surface area contributed by atoms with Gasteiger partial charge in [0, 0.05) is 34.2 Å². The minimum absolute atomic E-state index is 0.00943. The summed E-state index contributed by atoms with van der Waals surface area (Å²) in [6.07, 6.45) is 5.53. The fourth-order valence-electron chi connectivity index (χ4n) is 5.58. The van der Waals surface area contributed by atoms with Crippen LogP contribution >= 0.6 is 11.8 Å². The fourth-order valence-corrected chi connectivity index (χ4v) is 7.08. The van der Waals surface area contributed by atoms with E-state index < -0.39 is 23.3 Å². The van der Waals surface area contributed by atoms with Crippen molar-refractivity contribution in [3.05, 3.63) is 66.1 Å². The Labute approximate surface area is 221 Å². The number of aromatic nitrogens is 4. The van der Waals surface area contributed by atoms with Crippen molar-refractivity contribution in [3.63, 3.8) is 0 Å². The van der Waals surface area contributed by atoms with E-state index in [0.29, 0.717) is 33.6 Å². The molecule has 0 amide bonds. The summed E-state index contributed by atoms with van der Waals surface area (Å²) in [7, 11) is 0. The van der Waals surface area contributed by atoms with E-state index >= 15 is 4.39 Å². The molecule has 1 aliphatic carbocycles. The van der Waals surface area contributed by atoms with E-state index in [-0.39, 0.29) is 28.0 Å². The lowest BCUT2D eigenvalue weighted by atomic mass is 9.84.